The van der Waals surface area contributed by atoms with Crippen molar-refractivity contribution in [3.63, 3.8) is 0 Å². The first-order valence-corrected chi connectivity index (χ1v) is 9.13. The number of carbonyl (C=O) groups is 1. The van der Waals surface area contributed by atoms with Gasteiger partial charge in [0.1, 0.15) is 24.7 Å². The number of fused-ring (bicyclic) bond motifs is 1. The van der Waals surface area contributed by atoms with Gasteiger partial charge in [0.2, 0.25) is 5.91 Å². The maximum absolute atomic E-state index is 12.7. The van der Waals surface area contributed by atoms with Crippen LogP contribution in [0.1, 0.15) is 12.5 Å². The second-order valence-corrected chi connectivity index (χ2v) is 6.62. The normalized spacial score (nSPS) is 13.8. The van der Waals surface area contributed by atoms with Crippen LogP contribution in [0, 0.1) is 0 Å². The third-order valence-electron chi connectivity index (χ3n) is 4.76. The van der Waals surface area contributed by atoms with Gasteiger partial charge in [-0.05, 0) is 32.2 Å². The van der Waals surface area contributed by atoms with Crippen molar-refractivity contribution >= 4 is 11.6 Å². The third kappa shape index (κ3) is 4.48. The van der Waals surface area contributed by atoms with E-state index in [2.05, 4.69) is 5.32 Å². The zero-order valence-corrected chi connectivity index (χ0v) is 16.7. The fourth-order valence-electron chi connectivity index (χ4n) is 2.96. The highest BCUT2D eigenvalue weighted by molar-refractivity contribution is 5.94. The van der Waals surface area contributed by atoms with Crippen LogP contribution < -0.4 is 24.3 Å². The van der Waals surface area contributed by atoms with Crippen molar-refractivity contribution in [3.05, 3.63) is 42.0 Å². The second kappa shape index (κ2) is 8.84. The zero-order chi connectivity index (χ0) is 20.1. The topological polar surface area (TPSA) is 69.3 Å². The van der Waals surface area contributed by atoms with Crippen molar-refractivity contribution in [2.45, 2.75) is 19.5 Å². The van der Waals surface area contributed by atoms with E-state index in [1.54, 1.807) is 26.4 Å². The molecule has 2 aromatic rings. The summed E-state index contributed by atoms with van der Waals surface area (Å²) in [4.78, 5) is 14.6. The van der Waals surface area contributed by atoms with Gasteiger partial charge in [0.05, 0.1) is 20.3 Å². The van der Waals surface area contributed by atoms with Crippen LogP contribution >= 0.6 is 0 Å². The van der Waals surface area contributed by atoms with Gasteiger partial charge in [-0.25, -0.2) is 0 Å². The number of amides is 1. The highest BCUT2D eigenvalue weighted by Gasteiger charge is 2.21. The standard InChI is InChI=1S/C21H26N2O5/c1-14(23(2)13-15-5-7-17(25-3)12-19(15)26-4)21(24)22-16-6-8-18-20(11-16)28-10-9-27-18/h5-8,11-12,14H,9-10,13H2,1-4H3,(H,22,24)/t14-/m0/s1. The summed E-state index contributed by atoms with van der Waals surface area (Å²) in [5.41, 5.74) is 1.65. The van der Waals surface area contributed by atoms with Crippen LogP contribution in [-0.4, -0.2) is 51.3 Å². The number of rotatable bonds is 7. The number of anilines is 1. The molecule has 0 saturated heterocycles. The molecule has 0 radical (unpaired) electrons. The Kier molecular flexibility index (Phi) is 6.26. The molecule has 1 heterocycles. The summed E-state index contributed by atoms with van der Waals surface area (Å²) in [6.45, 7) is 3.47. The lowest BCUT2D eigenvalue weighted by Crippen LogP contribution is -2.39. The minimum atomic E-state index is -0.347. The molecule has 2 aromatic carbocycles. The summed E-state index contributed by atoms with van der Waals surface area (Å²) in [7, 11) is 5.14. The van der Waals surface area contributed by atoms with E-state index in [0.29, 0.717) is 36.9 Å². The summed E-state index contributed by atoms with van der Waals surface area (Å²) in [6, 6.07) is 10.7. The molecule has 0 spiro atoms. The molecule has 3 rings (SSSR count). The number of carbonyl (C=O) groups excluding carboxylic acids is 1. The van der Waals surface area contributed by atoms with Gasteiger partial charge in [-0.1, -0.05) is 6.07 Å². The van der Waals surface area contributed by atoms with E-state index in [4.69, 9.17) is 18.9 Å². The lowest BCUT2D eigenvalue weighted by molar-refractivity contribution is -0.120. The molecule has 150 valence electrons. The van der Waals surface area contributed by atoms with E-state index in [0.717, 1.165) is 17.1 Å². The van der Waals surface area contributed by atoms with Crippen molar-refractivity contribution in [1.29, 1.82) is 0 Å². The first-order chi connectivity index (χ1) is 13.5. The first kappa shape index (κ1) is 19.8. The van der Waals surface area contributed by atoms with E-state index < -0.39 is 0 Å². The van der Waals surface area contributed by atoms with Gasteiger partial charge in [-0.2, -0.15) is 0 Å². The van der Waals surface area contributed by atoms with E-state index in [1.807, 2.05) is 43.1 Å². The zero-order valence-electron chi connectivity index (χ0n) is 16.7. The highest BCUT2D eigenvalue weighted by Crippen LogP contribution is 2.32. The molecule has 1 aliphatic rings. The van der Waals surface area contributed by atoms with Gasteiger partial charge in [-0.3, -0.25) is 9.69 Å². The number of hydrogen-bond acceptors (Lipinski definition) is 6. The van der Waals surface area contributed by atoms with Gasteiger partial charge in [0.25, 0.3) is 0 Å². The Morgan fingerprint density at radius 3 is 2.57 bits per heavy atom. The maximum atomic E-state index is 12.7. The number of ether oxygens (including phenoxy) is 4. The molecule has 1 atom stereocenters. The van der Waals surface area contributed by atoms with E-state index in [9.17, 15) is 4.79 Å². The molecule has 0 aliphatic carbocycles. The van der Waals surface area contributed by atoms with Crippen molar-refractivity contribution in [3.8, 4) is 23.0 Å². The minimum Gasteiger partial charge on any atom is -0.497 e. The average molecular weight is 386 g/mol. The number of hydrogen-bond donors (Lipinski definition) is 1. The molecule has 7 nitrogen and oxygen atoms in total. The molecular formula is C21H26N2O5. The van der Waals surface area contributed by atoms with Gasteiger partial charge >= 0.3 is 0 Å². The van der Waals surface area contributed by atoms with Crippen LogP contribution in [0.15, 0.2) is 36.4 Å². The molecule has 0 unspecified atom stereocenters. The third-order valence-corrected chi connectivity index (χ3v) is 4.76. The molecule has 0 saturated carbocycles. The Hall–Kier alpha value is -2.93. The van der Waals surface area contributed by atoms with E-state index in [1.165, 1.54) is 0 Å². The van der Waals surface area contributed by atoms with Crippen molar-refractivity contribution in [2.75, 3.05) is 39.8 Å². The molecule has 1 amide bonds. The predicted molar refractivity (Wildman–Crippen MR) is 107 cm³/mol. The van der Waals surface area contributed by atoms with Crippen molar-refractivity contribution < 1.29 is 23.7 Å². The van der Waals surface area contributed by atoms with Crippen LogP contribution in [0.2, 0.25) is 0 Å². The molecule has 0 bridgehead atoms. The summed E-state index contributed by atoms with van der Waals surface area (Å²) in [6.07, 6.45) is 0. The molecule has 7 heteroatoms. The monoisotopic (exact) mass is 386 g/mol. The number of nitrogens with one attached hydrogen (secondary N) is 1. The molecule has 0 fully saturated rings. The first-order valence-electron chi connectivity index (χ1n) is 9.13. The lowest BCUT2D eigenvalue weighted by Gasteiger charge is -2.25. The number of nitrogens with zero attached hydrogens (tertiary/aromatic N) is 1. The van der Waals surface area contributed by atoms with Crippen molar-refractivity contribution in [2.24, 2.45) is 0 Å². The quantitative estimate of drug-likeness (QED) is 0.789. The van der Waals surface area contributed by atoms with E-state index >= 15 is 0 Å². The van der Waals surface area contributed by atoms with Crippen LogP contribution in [0.3, 0.4) is 0 Å². The van der Waals surface area contributed by atoms with Crippen LogP contribution in [0.25, 0.3) is 0 Å². The summed E-state index contributed by atoms with van der Waals surface area (Å²) in [5.74, 6) is 2.69. The fraction of sp³-hybridized carbons (Fsp3) is 0.381. The van der Waals surface area contributed by atoms with Gasteiger partial charge in [0.15, 0.2) is 11.5 Å². The fourth-order valence-corrected chi connectivity index (χ4v) is 2.96. The van der Waals surface area contributed by atoms with Crippen molar-refractivity contribution in [1.82, 2.24) is 4.90 Å². The summed E-state index contributed by atoms with van der Waals surface area (Å²) < 4.78 is 21.7. The van der Waals surface area contributed by atoms with Crippen LogP contribution in [0.5, 0.6) is 23.0 Å². The largest absolute Gasteiger partial charge is 0.497 e. The number of benzene rings is 2. The van der Waals surface area contributed by atoms with Gasteiger partial charge < -0.3 is 24.3 Å². The van der Waals surface area contributed by atoms with Gasteiger partial charge in [-0.15, -0.1) is 0 Å². The maximum Gasteiger partial charge on any atom is 0.241 e. The Morgan fingerprint density at radius 1 is 1.11 bits per heavy atom. The highest BCUT2D eigenvalue weighted by atomic mass is 16.6. The minimum absolute atomic E-state index is 0.105. The van der Waals surface area contributed by atoms with Gasteiger partial charge in [0, 0.05) is 29.9 Å². The molecule has 1 N–H and O–H groups in total. The Labute approximate surface area is 165 Å². The Balaban J connectivity index is 1.64. The smallest absolute Gasteiger partial charge is 0.241 e. The average Bonchev–Trinajstić information content (AvgIpc) is 2.73. The number of likely N-dealkylation sites (N-methyl/N-ethyl adjacent to an activating group) is 1. The molecule has 0 aromatic heterocycles. The SMILES string of the molecule is COc1ccc(CN(C)[C@@H](C)C(=O)Nc2ccc3c(c2)OCCO3)c(OC)c1. The van der Waals surface area contributed by atoms with Crippen LogP contribution in [0.4, 0.5) is 5.69 Å². The molecular weight excluding hydrogens is 360 g/mol. The second-order valence-electron chi connectivity index (χ2n) is 6.62. The summed E-state index contributed by atoms with van der Waals surface area (Å²) >= 11 is 0. The summed E-state index contributed by atoms with van der Waals surface area (Å²) in [5, 5.41) is 2.94. The Bertz CT molecular complexity index is 840. The lowest BCUT2D eigenvalue weighted by atomic mass is 10.1. The predicted octanol–water partition coefficient (Wildman–Crippen LogP) is 2.93. The molecule has 1 aliphatic heterocycles. The molecule has 28 heavy (non-hydrogen) atoms. The Morgan fingerprint density at radius 2 is 1.86 bits per heavy atom. The van der Waals surface area contributed by atoms with Crippen LogP contribution in [-0.2, 0) is 11.3 Å². The number of methoxy groups -OCH3 is 2. The van der Waals surface area contributed by atoms with E-state index in [-0.39, 0.29) is 11.9 Å².